The topological polar surface area (TPSA) is 81.9 Å². The zero-order chi connectivity index (χ0) is 15.4. The molecule has 3 N–H and O–H groups in total. The maximum atomic E-state index is 11.1. The number of nitrogens with one attached hydrogen (secondary N) is 1. The summed E-state index contributed by atoms with van der Waals surface area (Å²) in [6.45, 7) is 1.33. The molecule has 21 heavy (non-hydrogen) atoms. The molecule has 5 nitrogen and oxygen atoms in total. The number of aromatic hydroxyl groups is 2. The van der Waals surface area contributed by atoms with Crippen molar-refractivity contribution in [1.82, 2.24) is 5.43 Å². The molecule has 2 aromatic carbocycles. The molecule has 0 aromatic heterocycles. The third-order valence-electron chi connectivity index (χ3n) is 2.70. The van der Waals surface area contributed by atoms with Gasteiger partial charge >= 0.3 is 0 Å². The number of hydrazone groups is 1. The Hall–Kier alpha value is -2.34. The quantitative estimate of drug-likeness (QED) is 0.589. The van der Waals surface area contributed by atoms with E-state index in [1.54, 1.807) is 30.3 Å². The van der Waals surface area contributed by atoms with Crippen molar-refractivity contribution in [3.63, 3.8) is 0 Å². The fourth-order valence-electron chi connectivity index (χ4n) is 1.77. The molecule has 6 heteroatoms. The minimum absolute atomic E-state index is 0.000905. The molecular weight excluding hydrogens is 336 g/mol. The van der Waals surface area contributed by atoms with Crippen LogP contribution in [0.15, 0.2) is 52.0 Å². The monoisotopic (exact) mass is 348 g/mol. The first-order chi connectivity index (χ1) is 9.99. The van der Waals surface area contributed by atoms with Crippen LogP contribution in [0.5, 0.6) is 11.5 Å². The van der Waals surface area contributed by atoms with Crippen LogP contribution in [0.4, 0.5) is 0 Å². The molecule has 0 radical (unpaired) electrons. The van der Waals surface area contributed by atoms with Crippen molar-refractivity contribution in [1.29, 1.82) is 0 Å². The van der Waals surface area contributed by atoms with Crippen molar-refractivity contribution in [3.05, 3.63) is 58.1 Å². The summed E-state index contributed by atoms with van der Waals surface area (Å²) in [7, 11) is 0. The first-order valence-electron chi connectivity index (χ1n) is 6.10. The van der Waals surface area contributed by atoms with Gasteiger partial charge in [0.25, 0.3) is 0 Å². The standard InChI is InChI=1S/C15H13BrN2O3/c1-9(19)17-18-15(11-4-2-3-5-13(11)20)12-8-10(16)6-7-14(12)21/h2-8,20-21H,1H3,(H,17,19)/b18-15-. The number of halogens is 1. The number of hydrogen-bond acceptors (Lipinski definition) is 4. The summed E-state index contributed by atoms with van der Waals surface area (Å²) in [4.78, 5) is 11.1. The molecule has 2 rings (SSSR count). The summed E-state index contributed by atoms with van der Waals surface area (Å²) < 4.78 is 0.737. The lowest BCUT2D eigenvalue weighted by Gasteiger charge is -2.11. The smallest absolute Gasteiger partial charge is 0.236 e. The van der Waals surface area contributed by atoms with Crippen LogP contribution in [0.3, 0.4) is 0 Å². The van der Waals surface area contributed by atoms with Crippen LogP contribution in [0.1, 0.15) is 18.1 Å². The van der Waals surface area contributed by atoms with Gasteiger partial charge in [0, 0.05) is 22.5 Å². The largest absolute Gasteiger partial charge is 0.507 e. The Morgan fingerprint density at radius 1 is 1.10 bits per heavy atom. The molecule has 0 bridgehead atoms. The Kier molecular flexibility index (Phi) is 4.59. The molecule has 108 valence electrons. The molecule has 0 heterocycles. The maximum Gasteiger partial charge on any atom is 0.236 e. The number of phenols is 2. The molecule has 0 fully saturated rings. The molecule has 0 aliphatic rings. The van der Waals surface area contributed by atoms with E-state index < -0.39 is 0 Å². The van der Waals surface area contributed by atoms with Gasteiger partial charge in [0.1, 0.15) is 17.2 Å². The van der Waals surface area contributed by atoms with E-state index in [1.165, 1.54) is 19.1 Å². The molecule has 0 saturated heterocycles. The van der Waals surface area contributed by atoms with Crippen molar-refractivity contribution < 1.29 is 15.0 Å². The van der Waals surface area contributed by atoms with Gasteiger partial charge in [-0.3, -0.25) is 4.79 Å². The minimum atomic E-state index is -0.350. The first-order valence-corrected chi connectivity index (χ1v) is 6.90. The summed E-state index contributed by atoms with van der Waals surface area (Å²) in [5.41, 5.74) is 3.38. The number of phenolic OH excluding ortho intramolecular Hbond substituents is 2. The van der Waals surface area contributed by atoms with E-state index in [9.17, 15) is 15.0 Å². The molecule has 0 aliphatic carbocycles. The first kappa shape index (κ1) is 15.1. The second kappa shape index (κ2) is 6.41. The van der Waals surface area contributed by atoms with Crippen LogP contribution in [0, 0.1) is 0 Å². The fraction of sp³-hybridized carbons (Fsp3) is 0.0667. The lowest BCUT2D eigenvalue weighted by molar-refractivity contribution is -0.118. The van der Waals surface area contributed by atoms with Crippen LogP contribution < -0.4 is 5.43 Å². The highest BCUT2D eigenvalue weighted by Gasteiger charge is 2.16. The molecule has 2 aromatic rings. The lowest BCUT2D eigenvalue weighted by Crippen LogP contribution is -2.17. The number of carbonyl (C=O) groups is 1. The van der Waals surface area contributed by atoms with E-state index in [2.05, 4.69) is 26.5 Å². The van der Waals surface area contributed by atoms with Gasteiger partial charge in [-0.2, -0.15) is 5.10 Å². The lowest BCUT2D eigenvalue weighted by atomic mass is 10.0. The Balaban J connectivity index is 2.62. The third-order valence-corrected chi connectivity index (χ3v) is 3.19. The van der Waals surface area contributed by atoms with E-state index >= 15 is 0 Å². The van der Waals surface area contributed by atoms with E-state index in [4.69, 9.17) is 0 Å². The highest BCUT2D eigenvalue weighted by atomic mass is 79.9. The van der Waals surface area contributed by atoms with Gasteiger partial charge in [-0.15, -0.1) is 0 Å². The van der Waals surface area contributed by atoms with Gasteiger partial charge in [-0.25, -0.2) is 5.43 Å². The van der Waals surface area contributed by atoms with Gasteiger partial charge in [-0.1, -0.05) is 28.1 Å². The minimum Gasteiger partial charge on any atom is -0.507 e. The summed E-state index contributed by atoms with van der Waals surface area (Å²) in [6.07, 6.45) is 0. The molecule has 0 saturated carbocycles. The van der Waals surface area contributed by atoms with E-state index in [0.29, 0.717) is 11.1 Å². The average molecular weight is 349 g/mol. The summed E-state index contributed by atoms with van der Waals surface area (Å²) in [5, 5.41) is 24.0. The van der Waals surface area contributed by atoms with Crippen LogP contribution >= 0.6 is 15.9 Å². The van der Waals surface area contributed by atoms with Gasteiger partial charge < -0.3 is 10.2 Å². The van der Waals surface area contributed by atoms with E-state index in [0.717, 1.165) is 4.47 Å². The van der Waals surface area contributed by atoms with Gasteiger partial charge in [0.15, 0.2) is 0 Å². The second-order valence-electron chi connectivity index (χ2n) is 4.31. The molecule has 0 aliphatic heterocycles. The normalized spacial score (nSPS) is 11.2. The average Bonchev–Trinajstić information content (AvgIpc) is 2.44. The maximum absolute atomic E-state index is 11.1. The Morgan fingerprint density at radius 2 is 1.76 bits per heavy atom. The Labute approximate surface area is 130 Å². The Morgan fingerprint density at radius 3 is 2.43 bits per heavy atom. The highest BCUT2D eigenvalue weighted by Crippen LogP contribution is 2.28. The van der Waals surface area contributed by atoms with Crippen molar-refractivity contribution in [3.8, 4) is 11.5 Å². The van der Waals surface area contributed by atoms with Crippen LogP contribution in [-0.2, 0) is 4.79 Å². The predicted molar refractivity (Wildman–Crippen MR) is 83.4 cm³/mol. The molecule has 0 unspecified atom stereocenters. The number of rotatable bonds is 3. The number of hydrogen-bond donors (Lipinski definition) is 3. The SMILES string of the molecule is CC(=O)N/N=C(/c1ccccc1O)c1cc(Br)ccc1O. The van der Waals surface area contributed by atoms with Crippen molar-refractivity contribution >= 4 is 27.5 Å². The van der Waals surface area contributed by atoms with E-state index in [1.807, 2.05) is 0 Å². The third kappa shape index (κ3) is 3.61. The van der Waals surface area contributed by atoms with Crippen molar-refractivity contribution in [2.75, 3.05) is 0 Å². The van der Waals surface area contributed by atoms with Gasteiger partial charge in [-0.05, 0) is 30.3 Å². The van der Waals surface area contributed by atoms with Crippen molar-refractivity contribution in [2.24, 2.45) is 5.10 Å². The number of nitrogens with zero attached hydrogens (tertiary/aromatic N) is 1. The number of carbonyl (C=O) groups excluding carboxylic acids is 1. The fourth-order valence-corrected chi connectivity index (χ4v) is 2.13. The van der Waals surface area contributed by atoms with Crippen LogP contribution in [-0.4, -0.2) is 21.8 Å². The number of benzene rings is 2. The van der Waals surface area contributed by atoms with Gasteiger partial charge in [0.2, 0.25) is 5.91 Å². The molecule has 1 amide bonds. The Bertz CT molecular complexity index is 714. The van der Waals surface area contributed by atoms with Crippen LogP contribution in [0.25, 0.3) is 0 Å². The number of para-hydroxylation sites is 1. The van der Waals surface area contributed by atoms with Gasteiger partial charge in [0.05, 0.1) is 0 Å². The predicted octanol–water partition coefficient (Wildman–Crippen LogP) is 2.75. The zero-order valence-corrected chi connectivity index (χ0v) is 12.8. The molecule has 0 spiro atoms. The highest BCUT2D eigenvalue weighted by molar-refractivity contribution is 9.10. The molecular formula is C15H13BrN2O3. The molecule has 0 atom stereocenters. The summed E-state index contributed by atoms with van der Waals surface area (Å²) >= 11 is 3.32. The summed E-state index contributed by atoms with van der Waals surface area (Å²) in [5.74, 6) is -0.357. The second-order valence-corrected chi connectivity index (χ2v) is 5.22. The zero-order valence-electron chi connectivity index (χ0n) is 11.2. The van der Waals surface area contributed by atoms with E-state index in [-0.39, 0.29) is 23.1 Å². The van der Waals surface area contributed by atoms with Crippen molar-refractivity contribution in [2.45, 2.75) is 6.92 Å². The number of amides is 1. The van der Waals surface area contributed by atoms with Crippen LogP contribution in [0.2, 0.25) is 0 Å². The summed E-state index contributed by atoms with van der Waals surface area (Å²) in [6, 6.07) is 11.4.